The van der Waals surface area contributed by atoms with Crippen LogP contribution in [-0.2, 0) is 9.59 Å². The van der Waals surface area contributed by atoms with Crippen molar-refractivity contribution in [2.45, 2.75) is 19.4 Å². The summed E-state index contributed by atoms with van der Waals surface area (Å²) in [7, 11) is 9.43. The molecule has 0 saturated carbocycles. The lowest BCUT2D eigenvalue weighted by Crippen LogP contribution is -2.32. The van der Waals surface area contributed by atoms with Gasteiger partial charge in [0, 0.05) is 31.9 Å². The van der Waals surface area contributed by atoms with Crippen LogP contribution in [-0.4, -0.2) is 75.0 Å². The number of hydrogen-bond donors (Lipinski definition) is 1. The molecule has 0 bridgehead atoms. The van der Waals surface area contributed by atoms with Gasteiger partial charge in [-0.05, 0) is 75.4 Å². The number of hydrogen-bond acceptors (Lipinski definition) is 6. The molecule has 1 unspecified atom stereocenters. The molecule has 0 aliphatic carbocycles. The molecule has 176 valence electrons. The van der Waals surface area contributed by atoms with Crippen molar-refractivity contribution in [1.29, 1.82) is 0 Å². The van der Waals surface area contributed by atoms with Crippen molar-refractivity contribution >= 4 is 23.1 Å². The van der Waals surface area contributed by atoms with Crippen LogP contribution in [0.2, 0.25) is 0 Å². The monoisotopic (exact) mass is 451 g/mol. The van der Waals surface area contributed by atoms with E-state index in [2.05, 4.69) is 0 Å². The highest BCUT2D eigenvalue weighted by Crippen LogP contribution is 2.40. The van der Waals surface area contributed by atoms with Gasteiger partial charge in [0.25, 0.3) is 11.7 Å². The number of carbonyl (C=O) groups is 2. The summed E-state index contributed by atoms with van der Waals surface area (Å²) in [6.45, 7) is 3.07. The van der Waals surface area contributed by atoms with E-state index >= 15 is 0 Å². The molecule has 1 aliphatic heterocycles. The Morgan fingerprint density at radius 3 is 2.27 bits per heavy atom. The Bertz CT molecular complexity index is 1060. The van der Waals surface area contributed by atoms with Crippen LogP contribution < -0.4 is 9.64 Å². The van der Waals surface area contributed by atoms with Gasteiger partial charge >= 0.3 is 0 Å². The molecule has 7 heteroatoms. The predicted octanol–water partition coefficient (Wildman–Crippen LogP) is 3.44. The fourth-order valence-electron chi connectivity index (χ4n) is 4.15. The summed E-state index contributed by atoms with van der Waals surface area (Å²) in [6, 6.07) is 12.3. The lowest BCUT2D eigenvalue weighted by molar-refractivity contribution is -0.139. The quantitative estimate of drug-likeness (QED) is 0.377. The van der Waals surface area contributed by atoms with E-state index in [9.17, 15) is 14.7 Å². The van der Waals surface area contributed by atoms with Crippen molar-refractivity contribution in [3.05, 3.63) is 64.7 Å². The van der Waals surface area contributed by atoms with E-state index in [1.807, 2.05) is 69.2 Å². The molecule has 1 atom stereocenters. The van der Waals surface area contributed by atoms with Crippen molar-refractivity contribution in [2.24, 2.45) is 0 Å². The smallest absolute Gasteiger partial charge is 0.295 e. The Morgan fingerprint density at radius 1 is 1.06 bits per heavy atom. The molecule has 1 fully saturated rings. The summed E-state index contributed by atoms with van der Waals surface area (Å²) < 4.78 is 5.31. The number of anilines is 1. The van der Waals surface area contributed by atoms with Gasteiger partial charge in [-0.25, -0.2) is 0 Å². The molecule has 1 heterocycles. The number of aliphatic hydroxyl groups is 1. The van der Waals surface area contributed by atoms with E-state index in [-0.39, 0.29) is 11.3 Å². The third-order valence-corrected chi connectivity index (χ3v) is 5.94. The Kier molecular flexibility index (Phi) is 7.43. The fraction of sp³-hybridized carbons (Fsp3) is 0.385. The van der Waals surface area contributed by atoms with Crippen LogP contribution in [0.5, 0.6) is 5.75 Å². The molecular formula is C26H33N3O4. The predicted molar refractivity (Wildman–Crippen MR) is 131 cm³/mol. The number of Topliss-reactive ketones (excluding diaryl/α,β-unsaturated/α-hetero) is 1. The average Bonchev–Trinajstić information content (AvgIpc) is 3.03. The second-order valence-corrected chi connectivity index (χ2v) is 8.82. The second kappa shape index (κ2) is 10.1. The first kappa shape index (κ1) is 24.3. The molecule has 3 rings (SSSR count). The van der Waals surface area contributed by atoms with E-state index in [0.29, 0.717) is 24.3 Å². The minimum Gasteiger partial charge on any atom is -0.507 e. The Hall–Kier alpha value is -3.32. The molecule has 1 aliphatic rings. The number of carbonyl (C=O) groups excluding carboxylic acids is 2. The third-order valence-electron chi connectivity index (χ3n) is 5.94. The number of amides is 1. The zero-order chi connectivity index (χ0) is 24.3. The molecule has 2 aromatic carbocycles. The molecular weight excluding hydrogens is 418 g/mol. The molecule has 7 nitrogen and oxygen atoms in total. The van der Waals surface area contributed by atoms with Gasteiger partial charge < -0.3 is 24.5 Å². The molecule has 0 aromatic heterocycles. The van der Waals surface area contributed by atoms with E-state index in [1.165, 1.54) is 0 Å². The summed E-state index contributed by atoms with van der Waals surface area (Å²) in [5.41, 5.74) is 3.22. The summed E-state index contributed by atoms with van der Waals surface area (Å²) in [5.74, 6) is -0.725. The van der Waals surface area contributed by atoms with Gasteiger partial charge in [-0.15, -0.1) is 0 Å². The maximum Gasteiger partial charge on any atom is 0.295 e. The number of likely N-dealkylation sites (tertiary alicyclic amines) is 1. The minimum atomic E-state index is -0.660. The van der Waals surface area contributed by atoms with E-state index in [4.69, 9.17) is 4.74 Å². The topological polar surface area (TPSA) is 73.3 Å². The Morgan fingerprint density at radius 2 is 1.73 bits per heavy atom. The SMILES string of the molecule is COc1ccc(/C(O)=C2/C(=O)C(=O)N(CCCN(C)C)C2c2ccc(N(C)C)cc2)cc1C. The fourth-order valence-corrected chi connectivity index (χ4v) is 4.15. The summed E-state index contributed by atoms with van der Waals surface area (Å²) in [6.07, 6.45) is 0.716. The lowest BCUT2D eigenvalue weighted by atomic mass is 9.94. The van der Waals surface area contributed by atoms with E-state index in [0.717, 1.165) is 23.4 Å². The van der Waals surface area contributed by atoms with Gasteiger partial charge in [0.1, 0.15) is 11.5 Å². The number of ketones is 1. The first-order valence-electron chi connectivity index (χ1n) is 11.0. The third kappa shape index (κ3) is 5.03. The molecule has 1 saturated heterocycles. The maximum absolute atomic E-state index is 13.1. The molecule has 0 spiro atoms. The molecule has 2 aromatic rings. The molecule has 1 amide bonds. The van der Waals surface area contributed by atoms with E-state index in [1.54, 1.807) is 30.2 Å². The normalized spacial score (nSPS) is 17.7. The van der Waals surface area contributed by atoms with Crippen molar-refractivity contribution < 1.29 is 19.4 Å². The van der Waals surface area contributed by atoms with Crippen molar-refractivity contribution in [3.63, 3.8) is 0 Å². The van der Waals surface area contributed by atoms with Crippen LogP contribution in [0.25, 0.3) is 5.76 Å². The first-order valence-corrected chi connectivity index (χ1v) is 11.0. The van der Waals surface area contributed by atoms with Crippen LogP contribution in [0.3, 0.4) is 0 Å². The number of rotatable bonds is 8. The van der Waals surface area contributed by atoms with Gasteiger partial charge in [0.05, 0.1) is 18.7 Å². The van der Waals surface area contributed by atoms with Crippen LogP contribution in [0.4, 0.5) is 5.69 Å². The second-order valence-electron chi connectivity index (χ2n) is 8.82. The van der Waals surface area contributed by atoms with Gasteiger partial charge in [0.15, 0.2) is 0 Å². The van der Waals surface area contributed by atoms with Crippen LogP contribution in [0.1, 0.15) is 29.2 Å². The number of aryl methyl sites for hydroxylation is 1. The molecule has 33 heavy (non-hydrogen) atoms. The Balaban J connectivity index is 2.10. The van der Waals surface area contributed by atoms with Crippen LogP contribution in [0, 0.1) is 6.92 Å². The number of ether oxygens (including phenoxy) is 1. The molecule has 0 radical (unpaired) electrons. The van der Waals surface area contributed by atoms with Crippen molar-refractivity contribution in [1.82, 2.24) is 9.80 Å². The lowest BCUT2D eigenvalue weighted by Gasteiger charge is -2.26. The minimum absolute atomic E-state index is 0.118. The van der Waals surface area contributed by atoms with Gasteiger partial charge in [0.2, 0.25) is 0 Å². The average molecular weight is 452 g/mol. The van der Waals surface area contributed by atoms with E-state index < -0.39 is 17.7 Å². The largest absolute Gasteiger partial charge is 0.507 e. The van der Waals surface area contributed by atoms with Crippen molar-refractivity contribution in [3.8, 4) is 5.75 Å². The number of methoxy groups -OCH3 is 1. The van der Waals surface area contributed by atoms with Crippen LogP contribution >= 0.6 is 0 Å². The summed E-state index contributed by atoms with van der Waals surface area (Å²) >= 11 is 0. The zero-order valence-electron chi connectivity index (χ0n) is 20.3. The highest BCUT2D eigenvalue weighted by molar-refractivity contribution is 6.46. The Labute approximate surface area is 195 Å². The maximum atomic E-state index is 13.1. The van der Waals surface area contributed by atoms with Crippen molar-refractivity contribution in [2.75, 3.05) is 53.3 Å². The summed E-state index contributed by atoms with van der Waals surface area (Å²) in [4.78, 5) is 31.8. The van der Waals surface area contributed by atoms with Gasteiger partial charge in [-0.3, -0.25) is 9.59 Å². The van der Waals surface area contributed by atoms with Gasteiger partial charge in [-0.2, -0.15) is 0 Å². The first-order chi connectivity index (χ1) is 15.6. The number of nitrogens with zero attached hydrogens (tertiary/aromatic N) is 3. The highest BCUT2D eigenvalue weighted by atomic mass is 16.5. The zero-order valence-corrected chi connectivity index (χ0v) is 20.3. The standard InChI is InChI=1S/C26H33N3O4/c1-17-16-19(10-13-21(17)33-6)24(30)22-23(18-8-11-20(12-9-18)28(4)5)29(26(32)25(22)31)15-7-14-27(2)3/h8-13,16,23,30H,7,14-15H2,1-6H3/b24-22-. The molecule has 1 N–H and O–H groups in total. The van der Waals surface area contributed by atoms with Crippen LogP contribution in [0.15, 0.2) is 48.0 Å². The number of aliphatic hydroxyl groups excluding tert-OH is 1. The van der Waals surface area contributed by atoms with Gasteiger partial charge in [-0.1, -0.05) is 12.1 Å². The summed E-state index contributed by atoms with van der Waals surface area (Å²) in [5, 5.41) is 11.2. The highest BCUT2D eigenvalue weighted by Gasteiger charge is 2.45. The number of benzene rings is 2.